The third kappa shape index (κ3) is 1.78. The van der Waals surface area contributed by atoms with Crippen molar-refractivity contribution in [3.05, 3.63) is 54.5 Å². The zero-order valence-electron chi connectivity index (χ0n) is 9.05. The van der Waals surface area contributed by atoms with Crippen molar-refractivity contribution in [2.45, 2.75) is 5.88 Å². The number of hydrogen-bond acceptors (Lipinski definition) is 2. The lowest BCUT2D eigenvalue weighted by atomic mass is 10.1. The smallest absolute Gasteiger partial charge is 0.160 e. The molecule has 0 aliphatic rings. The Morgan fingerprint density at radius 2 is 1.76 bits per heavy atom. The summed E-state index contributed by atoms with van der Waals surface area (Å²) in [5, 5.41) is 8.08. The number of hydrogen-bond donors (Lipinski definition) is 0. The van der Waals surface area contributed by atoms with Crippen LogP contribution in [0.15, 0.2) is 48.7 Å². The van der Waals surface area contributed by atoms with Gasteiger partial charge in [0.25, 0.3) is 0 Å². The maximum Gasteiger partial charge on any atom is 0.160 e. The highest BCUT2D eigenvalue weighted by atomic mass is 35.5. The van der Waals surface area contributed by atoms with Gasteiger partial charge in [0.2, 0.25) is 0 Å². The molecule has 17 heavy (non-hydrogen) atoms. The molecule has 0 aliphatic carbocycles. The summed E-state index contributed by atoms with van der Waals surface area (Å²) in [6.07, 6.45) is 2.02. The molecule has 4 heteroatoms. The molecule has 0 aliphatic heterocycles. The van der Waals surface area contributed by atoms with Gasteiger partial charge in [0, 0.05) is 6.20 Å². The van der Waals surface area contributed by atoms with Crippen molar-refractivity contribution in [2.24, 2.45) is 0 Å². The number of halogens is 1. The maximum atomic E-state index is 5.82. The maximum absolute atomic E-state index is 5.82. The molecule has 0 spiro atoms. The van der Waals surface area contributed by atoms with Crippen molar-refractivity contribution in [1.82, 2.24) is 14.6 Å². The molecule has 0 saturated heterocycles. The fourth-order valence-electron chi connectivity index (χ4n) is 1.83. The second kappa shape index (κ2) is 4.18. The van der Waals surface area contributed by atoms with Crippen LogP contribution in [0, 0.1) is 0 Å². The zero-order valence-corrected chi connectivity index (χ0v) is 9.80. The number of benzene rings is 1. The summed E-state index contributed by atoms with van der Waals surface area (Å²) < 4.78 is 1.93. The topological polar surface area (TPSA) is 30.2 Å². The average Bonchev–Trinajstić information content (AvgIpc) is 2.81. The average molecular weight is 244 g/mol. The van der Waals surface area contributed by atoms with E-state index in [1.807, 2.05) is 40.9 Å². The largest absolute Gasteiger partial charge is 0.285 e. The Hall–Kier alpha value is -1.87. The number of pyridine rings is 1. The van der Waals surface area contributed by atoms with Gasteiger partial charge in [-0.3, -0.25) is 4.40 Å². The Labute approximate surface area is 104 Å². The van der Waals surface area contributed by atoms with Crippen LogP contribution in [0.1, 0.15) is 5.82 Å². The van der Waals surface area contributed by atoms with Crippen molar-refractivity contribution < 1.29 is 0 Å². The van der Waals surface area contributed by atoms with Gasteiger partial charge in [0.15, 0.2) is 11.5 Å². The zero-order chi connectivity index (χ0) is 11.7. The number of aromatic nitrogens is 3. The van der Waals surface area contributed by atoms with Crippen LogP contribution >= 0.6 is 11.6 Å². The Morgan fingerprint density at radius 1 is 0.941 bits per heavy atom. The molecule has 84 valence electrons. The summed E-state index contributed by atoms with van der Waals surface area (Å²) in [4.78, 5) is 0. The van der Waals surface area contributed by atoms with E-state index in [-0.39, 0.29) is 0 Å². The van der Waals surface area contributed by atoms with Gasteiger partial charge in [-0.25, -0.2) is 0 Å². The fourth-order valence-corrected chi connectivity index (χ4v) is 2.01. The summed E-state index contributed by atoms with van der Waals surface area (Å²) >= 11 is 5.82. The minimum Gasteiger partial charge on any atom is -0.285 e. The van der Waals surface area contributed by atoms with Gasteiger partial charge in [-0.05, 0) is 23.3 Å². The van der Waals surface area contributed by atoms with Crippen molar-refractivity contribution >= 4 is 17.2 Å². The lowest BCUT2D eigenvalue weighted by Gasteiger charge is -2.03. The number of rotatable bonds is 2. The van der Waals surface area contributed by atoms with Gasteiger partial charge in [0.1, 0.15) is 0 Å². The summed E-state index contributed by atoms with van der Waals surface area (Å²) in [6.45, 7) is 0. The van der Waals surface area contributed by atoms with E-state index in [0.717, 1.165) is 17.0 Å². The Bertz CT molecular complexity index is 646. The van der Waals surface area contributed by atoms with Gasteiger partial charge in [0.05, 0.1) is 5.88 Å². The molecular weight excluding hydrogens is 234 g/mol. The molecule has 0 amide bonds. The van der Waals surface area contributed by atoms with Crippen LogP contribution in [0.25, 0.3) is 16.8 Å². The van der Waals surface area contributed by atoms with Crippen molar-refractivity contribution in [3.63, 3.8) is 0 Å². The second-order valence-electron chi connectivity index (χ2n) is 3.76. The van der Waals surface area contributed by atoms with E-state index < -0.39 is 0 Å². The highest BCUT2D eigenvalue weighted by molar-refractivity contribution is 6.16. The summed E-state index contributed by atoms with van der Waals surface area (Å²) in [5.41, 5.74) is 3.12. The molecular formula is C13H10ClN3. The lowest BCUT2D eigenvalue weighted by Crippen LogP contribution is -1.91. The van der Waals surface area contributed by atoms with Crippen LogP contribution in [-0.4, -0.2) is 14.6 Å². The predicted octanol–water partition coefficient (Wildman–Crippen LogP) is 3.14. The van der Waals surface area contributed by atoms with Gasteiger partial charge in [-0.1, -0.05) is 30.3 Å². The third-order valence-electron chi connectivity index (χ3n) is 2.70. The second-order valence-corrected chi connectivity index (χ2v) is 4.03. The lowest BCUT2D eigenvalue weighted by molar-refractivity contribution is 0.987. The van der Waals surface area contributed by atoms with E-state index in [1.54, 1.807) is 0 Å². The molecule has 2 aromatic heterocycles. The molecule has 3 aromatic rings. The molecule has 3 nitrogen and oxygen atoms in total. The van der Waals surface area contributed by atoms with E-state index in [1.165, 1.54) is 5.56 Å². The Kier molecular flexibility index (Phi) is 2.53. The summed E-state index contributed by atoms with van der Waals surface area (Å²) in [6, 6.07) is 14.2. The quantitative estimate of drug-likeness (QED) is 0.648. The van der Waals surface area contributed by atoms with Gasteiger partial charge in [-0.2, -0.15) is 0 Å². The first-order valence-corrected chi connectivity index (χ1v) is 5.87. The summed E-state index contributed by atoms with van der Waals surface area (Å²) in [7, 11) is 0. The van der Waals surface area contributed by atoms with Crippen LogP contribution in [-0.2, 0) is 5.88 Å². The number of fused-ring (bicyclic) bond motifs is 1. The first-order valence-electron chi connectivity index (χ1n) is 5.33. The summed E-state index contributed by atoms with van der Waals surface area (Å²) in [5.74, 6) is 1.12. The van der Waals surface area contributed by atoms with Gasteiger partial charge < -0.3 is 0 Å². The minimum absolute atomic E-state index is 0.361. The van der Waals surface area contributed by atoms with Crippen molar-refractivity contribution in [1.29, 1.82) is 0 Å². The van der Waals surface area contributed by atoms with Crippen molar-refractivity contribution in [2.75, 3.05) is 0 Å². The molecule has 0 N–H and O–H groups in total. The van der Waals surface area contributed by atoms with E-state index in [9.17, 15) is 0 Å². The first-order chi connectivity index (χ1) is 8.38. The minimum atomic E-state index is 0.361. The molecule has 0 radical (unpaired) electrons. The molecule has 2 heterocycles. The van der Waals surface area contributed by atoms with E-state index in [2.05, 4.69) is 22.3 Å². The molecule has 3 rings (SSSR count). The Balaban J connectivity index is 2.19. The molecule has 0 atom stereocenters. The highest BCUT2D eigenvalue weighted by Gasteiger charge is 2.05. The van der Waals surface area contributed by atoms with Crippen LogP contribution < -0.4 is 0 Å². The van der Waals surface area contributed by atoms with Crippen LogP contribution in [0.4, 0.5) is 0 Å². The fraction of sp³-hybridized carbons (Fsp3) is 0.0769. The number of alkyl halides is 1. The normalized spacial score (nSPS) is 10.9. The molecule has 1 aromatic carbocycles. The molecule has 0 fully saturated rings. The van der Waals surface area contributed by atoms with Gasteiger partial charge >= 0.3 is 0 Å². The van der Waals surface area contributed by atoms with Crippen molar-refractivity contribution in [3.8, 4) is 11.1 Å². The molecule has 0 unspecified atom stereocenters. The van der Waals surface area contributed by atoms with Crippen LogP contribution in [0.2, 0.25) is 0 Å². The van der Waals surface area contributed by atoms with E-state index in [0.29, 0.717) is 5.88 Å². The SMILES string of the molecule is ClCc1nnc2ccc(-c3ccccc3)cn12. The monoisotopic (exact) mass is 243 g/mol. The number of nitrogens with zero attached hydrogens (tertiary/aromatic N) is 3. The molecule has 0 bridgehead atoms. The standard InChI is InChI=1S/C13H10ClN3/c14-8-13-16-15-12-7-6-11(9-17(12)13)10-4-2-1-3-5-10/h1-7,9H,8H2. The predicted molar refractivity (Wildman–Crippen MR) is 68.0 cm³/mol. The van der Waals surface area contributed by atoms with Gasteiger partial charge in [-0.15, -0.1) is 21.8 Å². The highest BCUT2D eigenvalue weighted by Crippen LogP contribution is 2.20. The van der Waals surface area contributed by atoms with E-state index in [4.69, 9.17) is 11.6 Å². The first kappa shape index (κ1) is 10.3. The molecule has 0 saturated carbocycles. The third-order valence-corrected chi connectivity index (χ3v) is 2.94. The van der Waals surface area contributed by atoms with Crippen LogP contribution in [0.3, 0.4) is 0 Å². The van der Waals surface area contributed by atoms with Crippen LogP contribution in [0.5, 0.6) is 0 Å². The Morgan fingerprint density at radius 3 is 2.53 bits per heavy atom. The van der Waals surface area contributed by atoms with E-state index >= 15 is 0 Å².